The van der Waals surface area contributed by atoms with Gasteiger partial charge in [-0.2, -0.15) is 0 Å². The maximum Gasteiger partial charge on any atom is 0.184 e. The molecule has 1 aliphatic rings. The van der Waals surface area contributed by atoms with Crippen molar-refractivity contribution in [2.75, 3.05) is 39.3 Å². The van der Waals surface area contributed by atoms with Crippen LogP contribution in [0.1, 0.15) is 6.92 Å². The maximum atomic E-state index is 10.4. The molecule has 0 aromatic carbocycles. The molecule has 0 aliphatic carbocycles. The molecule has 2 unspecified atom stereocenters. The molecule has 0 aromatic heterocycles. The summed E-state index contributed by atoms with van der Waals surface area (Å²) in [7, 11) is 0. The van der Waals surface area contributed by atoms with Crippen LogP contribution in [0.25, 0.3) is 0 Å². The highest BCUT2D eigenvalue weighted by Gasteiger charge is 2.17. The van der Waals surface area contributed by atoms with E-state index in [0.29, 0.717) is 13.2 Å². The number of ether oxygens (including phenoxy) is 1. The smallest absolute Gasteiger partial charge is 0.184 e. The molecule has 1 aliphatic heterocycles. The Kier molecular flexibility index (Phi) is 6.30. The van der Waals surface area contributed by atoms with Crippen LogP contribution >= 0.6 is 0 Å². The van der Waals surface area contributed by atoms with E-state index in [-0.39, 0.29) is 0 Å². The van der Waals surface area contributed by atoms with Gasteiger partial charge in [0.1, 0.15) is 0 Å². The van der Waals surface area contributed by atoms with Crippen LogP contribution in [-0.2, 0) is 20.3 Å². The van der Waals surface area contributed by atoms with Gasteiger partial charge in [0.15, 0.2) is 6.29 Å². The molecule has 1 fully saturated rings. The molecule has 6 nitrogen and oxygen atoms in total. The monoisotopic (exact) mass is 237 g/mol. The lowest BCUT2D eigenvalue weighted by Gasteiger charge is -2.30. The van der Waals surface area contributed by atoms with Crippen LogP contribution in [-0.4, -0.2) is 59.3 Å². The van der Waals surface area contributed by atoms with Gasteiger partial charge < -0.3 is 14.6 Å². The van der Waals surface area contributed by atoms with Crippen LogP contribution in [0.5, 0.6) is 0 Å². The largest absolute Gasteiger partial charge is 0.750 e. The Bertz CT molecular complexity index is 199. The molecule has 1 saturated heterocycles. The van der Waals surface area contributed by atoms with Crippen molar-refractivity contribution < 1.29 is 17.7 Å². The first-order valence-corrected chi connectivity index (χ1v) is 6.03. The molecule has 1 heterocycles. The molecular formula is C8H17N2O4S-. The zero-order chi connectivity index (χ0) is 11.1. The van der Waals surface area contributed by atoms with E-state index in [1.165, 1.54) is 0 Å². The first kappa shape index (κ1) is 13.0. The van der Waals surface area contributed by atoms with Crippen molar-refractivity contribution in [1.29, 1.82) is 0 Å². The van der Waals surface area contributed by atoms with Gasteiger partial charge in [0, 0.05) is 32.8 Å². The van der Waals surface area contributed by atoms with Crippen LogP contribution in [0.3, 0.4) is 0 Å². The minimum absolute atomic E-state index is 0.438. The van der Waals surface area contributed by atoms with Crippen LogP contribution in [0.15, 0.2) is 0 Å². The van der Waals surface area contributed by atoms with Gasteiger partial charge >= 0.3 is 0 Å². The molecular weight excluding hydrogens is 220 g/mol. The van der Waals surface area contributed by atoms with Crippen molar-refractivity contribution in [3.63, 3.8) is 0 Å². The molecule has 0 saturated carbocycles. The number of rotatable bonds is 6. The minimum atomic E-state index is -2.52. The highest BCUT2D eigenvalue weighted by Crippen LogP contribution is 2.02. The molecule has 0 amide bonds. The molecule has 1 rings (SSSR count). The third-order valence-corrected chi connectivity index (χ3v) is 2.53. The first-order valence-electron chi connectivity index (χ1n) is 5.03. The zero-order valence-corrected chi connectivity index (χ0v) is 9.62. The van der Waals surface area contributed by atoms with Gasteiger partial charge in [0.05, 0.1) is 17.9 Å². The maximum absolute atomic E-state index is 10.4. The first-order chi connectivity index (χ1) is 7.22. The quantitative estimate of drug-likeness (QED) is 0.475. The topological polar surface area (TPSA) is 73.9 Å². The molecule has 90 valence electrons. The summed E-state index contributed by atoms with van der Waals surface area (Å²) in [6.45, 7) is 6.34. The fourth-order valence-electron chi connectivity index (χ4n) is 1.49. The molecule has 0 radical (unpaired) electrons. The van der Waals surface area contributed by atoms with Crippen LogP contribution in [0.4, 0.5) is 0 Å². The van der Waals surface area contributed by atoms with E-state index in [1.54, 1.807) is 0 Å². The molecule has 0 aromatic rings. The Hall–Kier alpha value is -0.0500. The molecule has 2 atom stereocenters. The molecule has 1 N–H and O–H groups in total. The lowest BCUT2D eigenvalue weighted by Crippen LogP contribution is -2.47. The SMILES string of the molecule is CCOC(CN1CCNCC1)OS(=O)[O-]. The van der Waals surface area contributed by atoms with Crippen molar-refractivity contribution in [3.05, 3.63) is 0 Å². The van der Waals surface area contributed by atoms with E-state index in [9.17, 15) is 8.76 Å². The van der Waals surface area contributed by atoms with Crippen molar-refractivity contribution >= 4 is 11.4 Å². The Balaban J connectivity index is 2.31. The second kappa shape index (κ2) is 7.26. The van der Waals surface area contributed by atoms with E-state index >= 15 is 0 Å². The van der Waals surface area contributed by atoms with E-state index in [1.807, 2.05) is 6.92 Å². The average molecular weight is 237 g/mol. The van der Waals surface area contributed by atoms with Gasteiger partial charge in [-0.1, -0.05) is 0 Å². The van der Waals surface area contributed by atoms with E-state index < -0.39 is 17.7 Å². The lowest BCUT2D eigenvalue weighted by molar-refractivity contribution is -0.0896. The fourth-order valence-corrected chi connectivity index (χ4v) is 1.78. The average Bonchev–Trinajstić information content (AvgIpc) is 2.18. The predicted molar refractivity (Wildman–Crippen MR) is 54.7 cm³/mol. The van der Waals surface area contributed by atoms with Crippen LogP contribution in [0.2, 0.25) is 0 Å². The number of piperazine rings is 1. The summed E-state index contributed by atoms with van der Waals surface area (Å²) in [4.78, 5) is 2.11. The summed E-state index contributed by atoms with van der Waals surface area (Å²) in [6.07, 6.45) is -0.688. The third kappa shape index (κ3) is 5.55. The van der Waals surface area contributed by atoms with E-state index in [0.717, 1.165) is 26.2 Å². The normalized spacial score (nSPS) is 22.5. The highest BCUT2D eigenvalue weighted by molar-refractivity contribution is 7.74. The summed E-state index contributed by atoms with van der Waals surface area (Å²) in [6, 6.07) is 0. The van der Waals surface area contributed by atoms with Gasteiger partial charge in [-0.05, 0) is 6.92 Å². The van der Waals surface area contributed by atoms with Crippen LogP contribution in [0, 0.1) is 0 Å². The van der Waals surface area contributed by atoms with Gasteiger partial charge in [0.25, 0.3) is 0 Å². The summed E-state index contributed by atoms with van der Waals surface area (Å²) < 4.78 is 30.6. The van der Waals surface area contributed by atoms with Gasteiger partial charge in [-0.15, -0.1) is 0 Å². The van der Waals surface area contributed by atoms with Crippen molar-refractivity contribution in [3.8, 4) is 0 Å². The third-order valence-electron chi connectivity index (χ3n) is 2.16. The summed E-state index contributed by atoms with van der Waals surface area (Å²) in [5, 5.41) is 3.22. The van der Waals surface area contributed by atoms with Crippen molar-refractivity contribution in [1.82, 2.24) is 10.2 Å². The van der Waals surface area contributed by atoms with Gasteiger partial charge in [0.2, 0.25) is 0 Å². The summed E-state index contributed by atoms with van der Waals surface area (Å²) >= 11 is -2.52. The number of hydrogen-bond acceptors (Lipinski definition) is 6. The summed E-state index contributed by atoms with van der Waals surface area (Å²) in [5.74, 6) is 0. The Morgan fingerprint density at radius 1 is 1.53 bits per heavy atom. The van der Waals surface area contributed by atoms with E-state index in [4.69, 9.17) is 4.74 Å². The highest BCUT2D eigenvalue weighted by atomic mass is 32.2. The molecule has 0 spiro atoms. The van der Waals surface area contributed by atoms with Gasteiger partial charge in [-0.25, -0.2) is 4.21 Å². The molecule has 15 heavy (non-hydrogen) atoms. The van der Waals surface area contributed by atoms with Crippen molar-refractivity contribution in [2.45, 2.75) is 13.2 Å². The van der Waals surface area contributed by atoms with Gasteiger partial charge in [-0.3, -0.25) is 9.08 Å². The van der Waals surface area contributed by atoms with Crippen molar-refractivity contribution in [2.24, 2.45) is 0 Å². The van der Waals surface area contributed by atoms with E-state index in [2.05, 4.69) is 14.4 Å². The second-order valence-electron chi connectivity index (χ2n) is 3.24. The number of nitrogens with one attached hydrogen (secondary N) is 1. The number of hydrogen-bond donors (Lipinski definition) is 1. The standard InChI is InChI=1S/C8H18N2O4S/c1-2-13-8(14-15(11)12)7-10-5-3-9-4-6-10/h8-9H,2-7H2,1H3,(H,11,12)/p-1. The van der Waals surface area contributed by atoms with Crippen LogP contribution < -0.4 is 5.32 Å². The minimum Gasteiger partial charge on any atom is -0.750 e. The zero-order valence-electron chi connectivity index (χ0n) is 8.81. The Labute approximate surface area is 92.4 Å². The molecule has 0 bridgehead atoms. The summed E-state index contributed by atoms with van der Waals surface area (Å²) in [5.41, 5.74) is 0. The Morgan fingerprint density at radius 2 is 2.20 bits per heavy atom. The lowest BCUT2D eigenvalue weighted by atomic mass is 10.3. The number of nitrogens with zero attached hydrogens (tertiary/aromatic N) is 1. The predicted octanol–water partition coefficient (Wildman–Crippen LogP) is -0.935. The fraction of sp³-hybridized carbons (Fsp3) is 1.00. The Morgan fingerprint density at radius 3 is 2.73 bits per heavy atom. The molecule has 7 heteroatoms. The second-order valence-corrected chi connectivity index (χ2v) is 3.84.